The zero-order valence-electron chi connectivity index (χ0n) is 12.1. The molecule has 22 heavy (non-hydrogen) atoms. The van der Waals surface area contributed by atoms with Crippen molar-refractivity contribution < 1.29 is 9.90 Å². The van der Waals surface area contributed by atoms with Gasteiger partial charge in [0.2, 0.25) is 0 Å². The molecule has 0 bridgehead atoms. The molecular weight excluding hydrogens is 362 g/mol. The molecule has 1 aromatic carbocycles. The maximum absolute atomic E-state index is 11.2. The fourth-order valence-corrected chi connectivity index (χ4v) is 4.22. The fourth-order valence-electron chi connectivity index (χ4n) is 3.13. The van der Waals surface area contributed by atoms with Crippen LogP contribution < -0.4 is 0 Å². The van der Waals surface area contributed by atoms with Gasteiger partial charge in [0.1, 0.15) is 0 Å². The van der Waals surface area contributed by atoms with Crippen molar-refractivity contribution >= 4 is 33.2 Å². The minimum Gasteiger partial charge on any atom is -0.481 e. The summed E-state index contributed by atoms with van der Waals surface area (Å²) >= 11 is 5.26. The number of hydrogen-bond donors (Lipinski definition) is 1. The molecule has 1 aromatic heterocycles. The minimum atomic E-state index is -0.658. The lowest BCUT2D eigenvalue weighted by molar-refractivity contribution is -0.143. The summed E-state index contributed by atoms with van der Waals surface area (Å²) in [7, 11) is 0. The maximum Gasteiger partial charge on any atom is 0.306 e. The molecule has 1 atom stereocenters. The van der Waals surface area contributed by atoms with Crippen molar-refractivity contribution in [2.75, 3.05) is 13.1 Å². The van der Waals surface area contributed by atoms with Gasteiger partial charge < -0.3 is 5.11 Å². The first kappa shape index (κ1) is 15.7. The molecule has 1 N–H and O–H groups in total. The van der Waals surface area contributed by atoms with E-state index in [1.165, 1.54) is 11.1 Å². The Labute approximate surface area is 142 Å². The summed E-state index contributed by atoms with van der Waals surface area (Å²) in [5.41, 5.74) is 2.54. The third-order valence-electron chi connectivity index (χ3n) is 4.27. The topological polar surface area (TPSA) is 40.5 Å². The van der Waals surface area contributed by atoms with Crippen molar-refractivity contribution in [2.24, 2.45) is 5.92 Å². The molecular formula is C17H18BrNO2S. The molecule has 2 heterocycles. The predicted molar refractivity (Wildman–Crippen MR) is 92.2 cm³/mol. The quantitative estimate of drug-likeness (QED) is 0.855. The van der Waals surface area contributed by atoms with E-state index < -0.39 is 5.97 Å². The molecule has 0 spiro atoms. The third kappa shape index (κ3) is 3.42. The highest BCUT2D eigenvalue weighted by molar-refractivity contribution is 9.10. The van der Waals surface area contributed by atoms with Gasteiger partial charge in [0.05, 0.1) is 12.0 Å². The fraction of sp³-hybridized carbons (Fsp3) is 0.353. The van der Waals surface area contributed by atoms with Crippen LogP contribution in [0, 0.1) is 5.92 Å². The first-order valence-corrected chi connectivity index (χ1v) is 9.13. The number of carbonyl (C=O) groups is 1. The van der Waals surface area contributed by atoms with Gasteiger partial charge >= 0.3 is 5.97 Å². The lowest BCUT2D eigenvalue weighted by atomic mass is 9.92. The summed E-state index contributed by atoms with van der Waals surface area (Å²) in [6.07, 6.45) is 1.45. The van der Waals surface area contributed by atoms with E-state index in [-0.39, 0.29) is 12.0 Å². The van der Waals surface area contributed by atoms with Gasteiger partial charge in [0.25, 0.3) is 0 Å². The van der Waals surface area contributed by atoms with Crippen LogP contribution in [0.5, 0.6) is 0 Å². The Morgan fingerprint density at radius 1 is 1.27 bits per heavy atom. The van der Waals surface area contributed by atoms with E-state index in [4.69, 9.17) is 0 Å². The average molecular weight is 380 g/mol. The number of nitrogens with zero attached hydrogens (tertiary/aromatic N) is 1. The first-order chi connectivity index (χ1) is 10.6. The van der Waals surface area contributed by atoms with Gasteiger partial charge in [-0.3, -0.25) is 9.69 Å². The Hall–Kier alpha value is -1.17. The number of halogens is 1. The SMILES string of the molecule is O=C(O)C1CCN(C(c2ccsc2)c2cccc(Br)c2)CC1. The zero-order valence-corrected chi connectivity index (χ0v) is 14.5. The monoisotopic (exact) mass is 379 g/mol. The van der Waals surface area contributed by atoms with Crippen molar-refractivity contribution in [3.63, 3.8) is 0 Å². The minimum absolute atomic E-state index is 0.193. The van der Waals surface area contributed by atoms with E-state index >= 15 is 0 Å². The lowest BCUT2D eigenvalue weighted by Gasteiger charge is -2.36. The molecule has 116 valence electrons. The number of rotatable bonds is 4. The average Bonchev–Trinajstić information content (AvgIpc) is 3.02. The Kier molecular flexibility index (Phi) is 4.96. The van der Waals surface area contributed by atoms with Gasteiger partial charge in [0, 0.05) is 4.47 Å². The largest absolute Gasteiger partial charge is 0.481 e. The molecule has 0 aliphatic carbocycles. The van der Waals surface area contributed by atoms with Crippen molar-refractivity contribution in [1.82, 2.24) is 4.90 Å². The van der Waals surface area contributed by atoms with Crippen LogP contribution in [0.4, 0.5) is 0 Å². The van der Waals surface area contributed by atoms with Crippen molar-refractivity contribution in [2.45, 2.75) is 18.9 Å². The number of aliphatic carboxylic acids is 1. The first-order valence-electron chi connectivity index (χ1n) is 7.39. The van der Waals surface area contributed by atoms with Gasteiger partial charge in [-0.2, -0.15) is 11.3 Å². The van der Waals surface area contributed by atoms with Gasteiger partial charge in [-0.1, -0.05) is 28.1 Å². The van der Waals surface area contributed by atoms with Crippen LogP contribution in [0.15, 0.2) is 45.6 Å². The summed E-state index contributed by atoms with van der Waals surface area (Å²) in [5, 5.41) is 13.5. The summed E-state index contributed by atoms with van der Waals surface area (Å²) in [6.45, 7) is 1.65. The van der Waals surface area contributed by atoms with Gasteiger partial charge in [0.15, 0.2) is 0 Å². The highest BCUT2D eigenvalue weighted by atomic mass is 79.9. The van der Waals surface area contributed by atoms with Crippen LogP contribution in [0.25, 0.3) is 0 Å². The third-order valence-corrected chi connectivity index (χ3v) is 5.46. The molecule has 5 heteroatoms. The summed E-state index contributed by atoms with van der Waals surface area (Å²) < 4.78 is 1.07. The number of hydrogen-bond acceptors (Lipinski definition) is 3. The summed E-state index contributed by atoms with van der Waals surface area (Å²) in [6, 6.07) is 10.8. The second kappa shape index (κ2) is 6.94. The van der Waals surface area contributed by atoms with E-state index in [9.17, 15) is 9.90 Å². The number of thiophene rings is 1. The van der Waals surface area contributed by atoms with Crippen LogP contribution >= 0.6 is 27.3 Å². The molecule has 3 nitrogen and oxygen atoms in total. The van der Waals surface area contributed by atoms with E-state index in [0.717, 1.165) is 30.4 Å². The van der Waals surface area contributed by atoms with Gasteiger partial charge in [-0.05, 0) is 66.0 Å². The Morgan fingerprint density at radius 2 is 2.05 bits per heavy atom. The normalized spacial score (nSPS) is 18.2. The number of likely N-dealkylation sites (tertiary alicyclic amines) is 1. The molecule has 1 saturated heterocycles. The Bertz CT molecular complexity index is 636. The molecule has 0 radical (unpaired) electrons. The predicted octanol–water partition coefficient (Wildman–Crippen LogP) is 4.40. The molecule has 0 amide bonds. The number of piperidine rings is 1. The summed E-state index contributed by atoms with van der Waals surface area (Å²) in [4.78, 5) is 13.6. The highest BCUT2D eigenvalue weighted by Crippen LogP contribution is 2.34. The van der Waals surface area contributed by atoms with Crippen LogP contribution in [0.1, 0.15) is 30.0 Å². The smallest absolute Gasteiger partial charge is 0.306 e. The lowest BCUT2D eigenvalue weighted by Crippen LogP contribution is -2.39. The maximum atomic E-state index is 11.2. The van der Waals surface area contributed by atoms with E-state index in [2.05, 4.69) is 55.9 Å². The van der Waals surface area contributed by atoms with Crippen molar-refractivity contribution in [3.8, 4) is 0 Å². The molecule has 1 aliphatic rings. The Balaban J connectivity index is 1.86. The van der Waals surface area contributed by atoms with E-state index in [1.54, 1.807) is 11.3 Å². The Morgan fingerprint density at radius 3 is 2.64 bits per heavy atom. The van der Waals surface area contributed by atoms with Crippen LogP contribution in [-0.2, 0) is 4.79 Å². The van der Waals surface area contributed by atoms with Crippen molar-refractivity contribution in [1.29, 1.82) is 0 Å². The van der Waals surface area contributed by atoms with Gasteiger partial charge in [-0.25, -0.2) is 0 Å². The molecule has 1 fully saturated rings. The number of benzene rings is 1. The summed E-state index contributed by atoms with van der Waals surface area (Å²) in [5.74, 6) is -0.851. The molecule has 1 aliphatic heterocycles. The number of carboxylic acids is 1. The molecule has 1 unspecified atom stereocenters. The van der Waals surface area contributed by atoms with Gasteiger partial charge in [-0.15, -0.1) is 0 Å². The van der Waals surface area contributed by atoms with Crippen molar-refractivity contribution in [3.05, 3.63) is 56.7 Å². The van der Waals surface area contributed by atoms with E-state index in [1.807, 2.05) is 6.07 Å². The molecule has 0 saturated carbocycles. The number of carboxylic acid groups (broad SMARTS) is 1. The second-order valence-corrected chi connectivity index (χ2v) is 7.36. The molecule has 2 aromatic rings. The second-order valence-electron chi connectivity index (χ2n) is 5.66. The van der Waals surface area contributed by atoms with Crippen LogP contribution in [-0.4, -0.2) is 29.1 Å². The highest BCUT2D eigenvalue weighted by Gasteiger charge is 2.30. The van der Waals surface area contributed by atoms with Crippen LogP contribution in [0.2, 0.25) is 0 Å². The molecule has 3 rings (SSSR count). The van der Waals surface area contributed by atoms with E-state index in [0.29, 0.717) is 0 Å². The van der Waals surface area contributed by atoms with Crippen LogP contribution in [0.3, 0.4) is 0 Å². The standard InChI is InChI=1S/C17H18BrNO2S/c18-15-3-1-2-13(10-15)16(14-6-9-22-11-14)19-7-4-12(5-8-19)17(20)21/h1-3,6,9-12,16H,4-5,7-8H2,(H,20,21). The zero-order chi connectivity index (χ0) is 15.5.